The van der Waals surface area contributed by atoms with E-state index in [9.17, 15) is 123 Å². The Balaban J connectivity index is 0.000000169. The molecule has 0 aliphatic heterocycles. The molecule has 12 aromatic carbocycles. The first kappa shape index (κ1) is 80.5. The summed E-state index contributed by atoms with van der Waals surface area (Å²) >= 11 is 11.8. The third kappa shape index (κ3) is 19.3. The molecule has 26 heteroatoms. The maximum Gasteiger partial charge on any atom is 0.200 e. The van der Waals surface area contributed by atoms with Crippen molar-refractivity contribution in [2.24, 2.45) is 0 Å². The minimum absolute atomic E-state index is 0.00793. The van der Waals surface area contributed by atoms with Crippen LogP contribution in [0.25, 0.3) is 0 Å². The Bertz CT molecular complexity index is 5060. The van der Waals surface area contributed by atoms with E-state index < -0.39 is 34.5 Å². The third-order valence-electron chi connectivity index (χ3n) is 17.9. The smallest absolute Gasteiger partial charge is 0.200 e. The van der Waals surface area contributed by atoms with Crippen LogP contribution in [0.2, 0.25) is 10.0 Å². The molecule has 0 unspecified atom stereocenters. The van der Waals surface area contributed by atoms with Crippen molar-refractivity contribution in [2.75, 3.05) is 0 Å². The quantitative estimate of drug-likeness (QED) is 0.0400. The second-order valence-electron chi connectivity index (χ2n) is 26.4. The van der Waals surface area contributed by atoms with Gasteiger partial charge in [-0.25, -0.2) is 0 Å². The fraction of sp³-hybridized carbons (Fsp3) is 0.143. The Morgan fingerprint density at radius 1 is 0.173 bits per heavy atom. The Hall–Kier alpha value is -13.6. The van der Waals surface area contributed by atoms with Crippen molar-refractivity contribution in [3.8, 4) is 138 Å². The van der Waals surface area contributed by atoms with Crippen molar-refractivity contribution in [3.05, 3.63) is 279 Å². The van der Waals surface area contributed by atoms with Gasteiger partial charge in [0.1, 0.15) is 103 Å². The van der Waals surface area contributed by atoms with Gasteiger partial charge >= 0.3 is 0 Å². The van der Waals surface area contributed by atoms with Gasteiger partial charge in [-0.1, -0.05) is 118 Å². The van der Waals surface area contributed by atoms with Gasteiger partial charge in [0.15, 0.2) is 23.0 Å². The molecule has 110 heavy (non-hydrogen) atoms. The van der Waals surface area contributed by atoms with E-state index >= 15 is 0 Å². The van der Waals surface area contributed by atoms with Crippen LogP contribution in [0.15, 0.2) is 158 Å². The molecule has 0 atom stereocenters. The number of benzene rings is 12. The first-order valence-electron chi connectivity index (χ1n) is 33.4. The first-order valence-corrected chi connectivity index (χ1v) is 34.2. The first-order chi connectivity index (χ1) is 51.8. The molecule has 0 aliphatic carbocycles. The van der Waals surface area contributed by atoms with Crippen molar-refractivity contribution >= 4 is 23.2 Å². The van der Waals surface area contributed by atoms with Crippen molar-refractivity contribution in [2.45, 2.75) is 79.1 Å². The number of phenols is 24. The molecular weight excluding hydrogens is 1460 g/mol. The zero-order valence-electron chi connectivity index (χ0n) is 59.2. The van der Waals surface area contributed by atoms with Crippen LogP contribution < -0.4 is 0 Å². The van der Waals surface area contributed by atoms with Crippen molar-refractivity contribution in [1.82, 2.24) is 0 Å². The zero-order valence-corrected chi connectivity index (χ0v) is 60.7. The Kier molecular flexibility index (Phi) is 24.8. The van der Waals surface area contributed by atoms with Gasteiger partial charge in [-0.15, -0.1) is 0 Å². The fourth-order valence-electron chi connectivity index (χ4n) is 12.4. The SMILES string of the molecule is Cc1cc(Cc2c(O)cc(O)cc2O)c(O)c(Cc2c(O)cc(O)cc2O)c1.Cc1cc(Cc2cc(Cl)c(O)cc2O)c(O)c(Cc2cc(Cl)c(O)cc2O)c1.Cc1cc(Cc2ccc(O)c(O)c2O)c(O)c(Cc2ccc(O)c(O)c2O)c1.Cc1cc(Cc2ccc(O)cc2O)c(O)c(Cc2ccc(O)cc2O)c1. The van der Waals surface area contributed by atoms with Gasteiger partial charge in [0.25, 0.3) is 0 Å². The van der Waals surface area contributed by atoms with Crippen molar-refractivity contribution < 1.29 is 123 Å². The highest BCUT2D eigenvalue weighted by atomic mass is 35.5. The van der Waals surface area contributed by atoms with Crippen LogP contribution in [-0.4, -0.2) is 123 Å². The largest absolute Gasteiger partial charge is 0.508 e. The number of aromatic hydroxyl groups is 24. The lowest BCUT2D eigenvalue weighted by Gasteiger charge is -2.15. The molecule has 24 nitrogen and oxygen atoms in total. The Labute approximate surface area is 638 Å². The van der Waals surface area contributed by atoms with E-state index in [4.69, 9.17) is 23.2 Å². The highest BCUT2D eigenvalue weighted by molar-refractivity contribution is 6.32. The summed E-state index contributed by atoms with van der Waals surface area (Å²) in [5.74, 6) is -5.83. The topological polar surface area (TPSA) is 486 Å². The van der Waals surface area contributed by atoms with Crippen LogP contribution in [0.1, 0.15) is 111 Å². The maximum atomic E-state index is 10.7. The van der Waals surface area contributed by atoms with E-state index in [0.717, 1.165) is 58.7 Å². The van der Waals surface area contributed by atoms with Gasteiger partial charge in [-0.05, 0) is 120 Å². The standard InChI is InChI=1S/C21H18Cl2O5.2C21H20O7.C21H20O5/c1-10-2-13(4-11-6-15(22)19(26)8-17(11)24)21(28)14(3-10)5-12-7-16(23)20(27)9-18(12)25;1-10-2-11(4-15-17(24)6-13(22)7-18(15)25)21(28)12(3-10)5-16-19(26)8-14(23)9-20(16)27;1-10-6-13(8-11-2-4-15(22)20(27)18(11)25)17(24)14(7-10)9-12-3-5-16(23)21(28)19(12)26;1-12-6-15(8-13-2-4-17(22)10-19(13)24)21(26)16(7-12)9-14-3-5-18(23)11-20(14)25/h2-3,6-9,24-28H,4-5H2,1H3;2-3,6-9,22-28H,4-5H2,1H3;2-7,22-28H,8-9H2,1H3;2-7,10-11,22-26H,8-9H2,1H3. The number of hydrogen-bond acceptors (Lipinski definition) is 24. The molecular formula is C84H78Cl2O24. The molecule has 0 aromatic heterocycles. The normalized spacial score (nSPS) is 10.9. The molecule has 0 saturated carbocycles. The van der Waals surface area contributed by atoms with Crippen molar-refractivity contribution in [1.29, 1.82) is 0 Å². The van der Waals surface area contributed by atoms with Crippen LogP contribution in [0.3, 0.4) is 0 Å². The number of halogens is 2. The molecule has 12 rings (SSSR count). The molecule has 12 aromatic rings. The van der Waals surface area contributed by atoms with E-state index in [2.05, 4.69) is 0 Å². The summed E-state index contributed by atoms with van der Waals surface area (Å²) in [5.41, 5.74) is 10.5. The predicted molar refractivity (Wildman–Crippen MR) is 409 cm³/mol. The van der Waals surface area contributed by atoms with Crippen LogP contribution in [0.5, 0.6) is 138 Å². The van der Waals surface area contributed by atoms with E-state index in [-0.39, 0.29) is 163 Å². The number of hydrogen-bond donors (Lipinski definition) is 24. The summed E-state index contributed by atoms with van der Waals surface area (Å²) in [7, 11) is 0. The van der Waals surface area contributed by atoms with E-state index in [0.29, 0.717) is 90.7 Å². The highest BCUT2D eigenvalue weighted by Crippen LogP contribution is 2.45. The molecule has 24 N–H and O–H groups in total. The zero-order chi connectivity index (χ0) is 80.6. The minimum atomic E-state index is -0.630. The van der Waals surface area contributed by atoms with Gasteiger partial charge in [0.05, 0.1) is 10.0 Å². The second-order valence-corrected chi connectivity index (χ2v) is 27.3. The lowest BCUT2D eigenvalue weighted by Crippen LogP contribution is -1.98. The molecule has 0 bridgehead atoms. The molecule has 0 aliphatic rings. The van der Waals surface area contributed by atoms with Gasteiger partial charge in [0.2, 0.25) is 11.5 Å². The van der Waals surface area contributed by atoms with Gasteiger partial charge < -0.3 is 123 Å². The summed E-state index contributed by atoms with van der Waals surface area (Å²) in [6, 6.07) is 37.7. The molecule has 0 amide bonds. The molecule has 0 radical (unpaired) electrons. The average Bonchev–Trinajstić information content (AvgIpc) is 0.811. The van der Waals surface area contributed by atoms with Gasteiger partial charge in [0, 0.05) is 133 Å². The summed E-state index contributed by atoms with van der Waals surface area (Å²) in [6.45, 7) is 7.37. The Morgan fingerprint density at radius 3 is 0.673 bits per heavy atom. The molecule has 0 spiro atoms. The monoisotopic (exact) mass is 1540 g/mol. The molecule has 572 valence electrons. The lowest BCUT2D eigenvalue weighted by atomic mass is 9.94. The second kappa shape index (κ2) is 33.9. The maximum absolute atomic E-state index is 10.7. The third-order valence-corrected chi connectivity index (χ3v) is 18.5. The number of aryl methyl sites for hydroxylation is 4. The highest BCUT2D eigenvalue weighted by Gasteiger charge is 2.23. The fourth-order valence-corrected chi connectivity index (χ4v) is 12.8. The van der Waals surface area contributed by atoms with E-state index in [1.54, 1.807) is 55.5 Å². The lowest BCUT2D eigenvalue weighted by molar-refractivity contribution is 0.365. The van der Waals surface area contributed by atoms with E-state index in [1.165, 1.54) is 60.7 Å². The van der Waals surface area contributed by atoms with E-state index in [1.807, 2.05) is 32.9 Å². The Morgan fingerprint density at radius 2 is 0.400 bits per heavy atom. The van der Waals surface area contributed by atoms with Gasteiger partial charge in [-0.2, -0.15) is 0 Å². The number of rotatable bonds is 16. The summed E-state index contributed by atoms with van der Waals surface area (Å²) in [5, 5.41) is 238. The number of phenolic OH excluding ortho intramolecular Hbond substituents is 24. The van der Waals surface area contributed by atoms with Crippen LogP contribution in [0, 0.1) is 27.7 Å². The average molecular weight is 1540 g/mol. The summed E-state index contributed by atoms with van der Waals surface area (Å²) in [4.78, 5) is 0. The molecule has 0 fully saturated rings. The van der Waals surface area contributed by atoms with Crippen LogP contribution >= 0.6 is 23.2 Å². The summed E-state index contributed by atoms with van der Waals surface area (Å²) < 4.78 is 0. The van der Waals surface area contributed by atoms with Crippen LogP contribution in [-0.2, 0) is 51.4 Å². The van der Waals surface area contributed by atoms with Crippen LogP contribution in [0.4, 0.5) is 0 Å². The molecule has 0 saturated heterocycles. The molecule has 0 heterocycles. The van der Waals surface area contributed by atoms with Gasteiger partial charge in [-0.3, -0.25) is 0 Å². The minimum Gasteiger partial charge on any atom is -0.508 e. The predicted octanol–water partition coefficient (Wildman–Crippen LogP) is 14.9. The van der Waals surface area contributed by atoms with Crippen molar-refractivity contribution in [3.63, 3.8) is 0 Å². The summed E-state index contributed by atoms with van der Waals surface area (Å²) in [6.07, 6.45) is 1.14.